The highest BCUT2D eigenvalue weighted by molar-refractivity contribution is 7.89. The molecule has 8 nitrogen and oxygen atoms in total. The Kier molecular flexibility index (Phi) is 5.64. The van der Waals surface area contributed by atoms with Gasteiger partial charge in [0.1, 0.15) is 5.02 Å². The van der Waals surface area contributed by atoms with Crippen molar-refractivity contribution in [2.24, 2.45) is 5.92 Å². The average Bonchev–Trinajstić information content (AvgIpc) is 2.35. The predicted molar refractivity (Wildman–Crippen MR) is 74.7 cm³/mol. The Labute approximate surface area is 125 Å². The summed E-state index contributed by atoms with van der Waals surface area (Å²) in [7, 11) is -3.97. The molecule has 1 unspecified atom stereocenters. The van der Waals surface area contributed by atoms with Gasteiger partial charge in [-0.3, -0.25) is 14.9 Å². The number of nitro groups is 1. The number of carboxylic acid groups (broad SMARTS) is 1. The van der Waals surface area contributed by atoms with Gasteiger partial charge >= 0.3 is 5.97 Å². The summed E-state index contributed by atoms with van der Waals surface area (Å²) in [5.41, 5.74) is -0.516. The first-order valence-corrected chi connectivity index (χ1v) is 7.65. The van der Waals surface area contributed by atoms with Gasteiger partial charge in [-0.05, 0) is 18.1 Å². The molecule has 0 fully saturated rings. The van der Waals surface area contributed by atoms with Gasteiger partial charge in [-0.1, -0.05) is 18.5 Å². The standard InChI is InChI=1S/C11H13ClN2O6S/c1-7(4-11(15)16)6-13-21(19,20)8-2-3-9(12)10(5-8)14(17)18/h2-3,5,7,13H,4,6H2,1H3,(H,15,16). The van der Waals surface area contributed by atoms with Crippen LogP contribution in [0.1, 0.15) is 13.3 Å². The van der Waals surface area contributed by atoms with Gasteiger partial charge in [0.05, 0.1) is 9.82 Å². The van der Waals surface area contributed by atoms with Gasteiger partial charge < -0.3 is 5.11 Å². The fourth-order valence-corrected chi connectivity index (χ4v) is 2.88. The largest absolute Gasteiger partial charge is 0.481 e. The van der Waals surface area contributed by atoms with Crippen molar-refractivity contribution >= 4 is 33.3 Å². The molecule has 0 amide bonds. The maximum absolute atomic E-state index is 12.0. The number of carboxylic acids is 1. The number of benzene rings is 1. The quantitative estimate of drug-likeness (QED) is 0.575. The van der Waals surface area contributed by atoms with Gasteiger partial charge in [-0.2, -0.15) is 0 Å². The van der Waals surface area contributed by atoms with E-state index in [0.717, 1.165) is 18.2 Å². The Balaban J connectivity index is 2.91. The Morgan fingerprint density at radius 1 is 1.52 bits per heavy atom. The van der Waals surface area contributed by atoms with Crippen molar-refractivity contribution in [3.05, 3.63) is 33.3 Å². The average molecular weight is 337 g/mol. The Morgan fingerprint density at radius 2 is 2.14 bits per heavy atom. The molecule has 21 heavy (non-hydrogen) atoms. The number of aliphatic carboxylic acids is 1. The van der Waals surface area contributed by atoms with Gasteiger partial charge in [0.25, 0.3) is 5.69 Å². The number of hydrogen-bond donors (Lipinski definition) is 2. The topological polar surface area (TPSA) is 127 Å². The lowest BCUT2D eigenvalue weighted by atomic mass is 10.1. The summed E-state index contributed by atoms with van der Waals surface area (Å²) >= 11 is 5.60. The molecule has 0 saturated heterocycles. The van der Waals surface area contributed by atoms with Gasteiger partial charge in [0, 0.05) is 19.0 Å². The van der Waals surface area contributed by atoms with E-state index in [0.29, 0.717) is 0 Å². The summed E-state index contributed by atoms with van der Waals surface area (Å²) in [6, 6.07) is 3.11. The third-order valence-corrected chi connectivity index (χ3v) is 4.31. The molecule has 0 saturated carbocycles. The van der Waals surface area contributed by atoms with Crippen LogP contribution in [0.3, 0.4) is 0 Å². The number of nitro benzene ring substituents is 1. The zero-order chi connectivity index (χ0) is 16.2. The minimum absolute atomic E-state index is 0.0922. The highest BCUT2D eigenvalue weighted by Crippen LogP contribution is 2.26. The monoisotopic (exact) mass is 336 g/mol. The molecular formula is C11H13ClN2O6S. The van der Waals surface area contributed by atoms with Crippen molar-refractivity contribution in [2.75, 3.05) is 6.54 Å². The number of halogens is 1. The van der Waals surface area contributed by atoms with E-state index in [2.05, 4.69) is 4.72 Å². The van der Waals surface area contributed by atoms with Crippen molar-refractivity contribution < 1.29 is 23.2 Å². The van der Waals surface area contributed by atoms with Crippen LogP contribution in [0.15, 0.2) is 23.1 Å². The highest BCUT2D eigenvalue weighted by atomic mass is 35.5. The number of hydrogen-bond acceptors (Lipinski definition) is 5. The van der Waals surface area contributed by atoms with E-state index >= 15 is 0 Å². The molecule has 2 N–H and O–H groups in total. The number of nitrogens with one attached hydrogen (secondary N) is 1. The molecule has 0 bridgehead atoms. The van der Waals surface area contributed by atoms with Crippen molar-refractivity contribution in [1.29, 1.82) is 0 Å². The zero-order valence-corrected chi connectivity index (χ0v) is 12.5. The summed E-state index contributed by atoms with van der Waals surface area (Å²) < 4.78 is 26.2. The number of rotatable bonds is 7. The van der Waals surface area contributed by atoms with Crippen LogP contribution in [-0.4, -0.2) is 31.0 Å². The molecule has 1 aromatic carbocycles. The molecule has 10 heteroatoms. The maximum atomic E-state index is 12.0. The molecule has 0 aromatic heterocycles. The summed E-state index contributed by atoms with van der Waals surface area (Å²) in [5.74, 6) is -1.46. The molecule has 0 aliphatic carbocycles. The maximum Gasteiger partial charge on any atom is 0.303 e. The van der Waals surface area contributed by atoms with Gasteiger partial charge in [-0.25, -0.2) is 13.1 Å². The van der Waals surface area contributed by atoms with Crippen LogP contribution in [-0.2, 0) is 14.8 Å². The third-order valence-electron chi connectivity index (χ3n) is 2.57. The van der Waals surface area contributed by atoms with Crippen LogP contribution < -0.4 is 4.72 Å². The molecule has 1 rings (SSSR count). The van der Waals surface area contributed by atoms with E-state index < -0.39 is 32.5 Å². The number of sulfonamides is 1. The lowest BCUT2D eigenvalue weighted by molar-refractivity contribution is -0.384. The van der Waals surface area contributed by atoms with Gasteiger partial charge in [-0.15, -0.1) is 0 Å². The summed E-state index contributed by atoms with van der Waals surface area (Å²) in [5, 5.41) is 19.2. The van der Waals surface area contributed by atoms with E-state index in [9.17, 15) is 23.3 Å². The highest BCUT2D eigenvalue weighted by Gasteiger charge is 2.21. The van der Waals surface area contributed by atoms with Crippen molar-refractivity contribution in [3.8, 4) is 0 Å². The molecule has 0 heterocycles. The molecule has 116 valence electrons. The van der Waals surface area contributed by atoms with Crippen molar-refractivity contribution in [1.82, 2.24) is 4.72 Å². The van der Waals surface area contributed by atoms with E-state index in [4.69, 9.17) is 16.7 Å². The Morgan fingerprint density at radius 3 is 2.67 bits per heavy atom. The smallest absolute Gasteiger partial charge is 0.303 e. The summed E-state index contributed by atoms with van der Waals surface area (Å²) in [6.07, 6.45) is -0.191. The first-order chi connectivity index (χ1) is 9.63. The van der Waals surface area contributed by atoms with Crippen LogP contribution >= 0.6 is 11.6 Å². The van der Waals surface area contributed by atoms with Crippen LogP contribution in [0.5, 0.6) is 0 Å². The van der Waals surface area contributed by atoms with Crippen LogP contribution in [0.4, 0.5) is 5.69 Å². The first-order valence-electron chi connectivity index (χ1n) is 5.79. The Bertz CT molecular complexity index is 661. The lowest BCUT2D eigenvalue weighted by Gasteiger charge is -2.11. The van der Waals surface area contributed by atoms with Gasteiger partial charge in [0.15, 0.2) is 0 Å². The van der Waals surface area contributed by atoms with Crippen LogP contribution in [0.2, 0.25) is 5.02 Å². The second-order valence-electron chi connectivity index (χ2n) is 4.43. The minimum atomic E-state index is -3.97. The molecule has 0 aliphatic rings. The third kappa shape index (κ3) is 4.96. The molecule has 1 atom stereocenters. The number of nitrogens with zero attached hydrogens (tertiary/aromatic N) is 1. The zero-order valence-electron chi connectivity index (χ0n) is 10.9. The fourth-order valence-electron chi connectivity index (χ4n) is 1.51. The molecule has 0 radical (unpaired) electrons. The van der Waals surface area contributed by atoms with Gasteiger partial charge in [0.2, 0.25) is 10.0 Å². The molecule has 0 spiro atoms. The molecular weight excluding hydrogens is 324 g/mol. The Hall–Kier alpha value is -1.71. The van der Waals surface area contributed by atoms with E-state index in [1.165, 1.54) is 0 Å². The van der Waals surface area contributed by atoms with Crippen molar-refractivity contribution in [3.63, 3.8) is 0 Å². The van der Waals surface area contributed by atoms with E-state index in [1.54, 1.807) is 6.92 Å². The van der Waals surface area contributed by atoms with E-state index in [1.807, 2.05) is 0 Å². The van der Waals surface area contributed by atoms with Crippen LogP contribution in [0, 0.1) is 16.0 Å². The first kappa shape index (κ1) is 17.3. The van der Waals surface area contributed by atoms with E-state index in [-0.39, 0.29) is 22.9 Å². The normalized spacial score (nSPS) is 12.9. The second kappa shape index (κ2) is 6.83. The molecule has 1 aromatic rings. The number of carbonyl (C=O) groups is 1. The predicted octanol–water partition coefficient (Wildman–Crippen LogP) is 1.64. The van der Waals surface area contributed by atoms with Crippen LogP contribution in [0.25, 0.3) is 0 Å². The summed E-state index contributed by atoms with van der Waals surface area (Å²) in [6.45, 7) is 1.48. The minimum Gasteiger partial charge on any atom is -0.481 e. The fraction of sp³-hybridized carbons (Fsp3) is 0.364. The second-order valence-corrected chi connectivity index (χ2v) is 6.60. The van der Waals surface area contributed by atoms with Crippen molar-refractivity contribution in [2.45, 2.75) is 18.2 Å². The SMILES string of the molecule is CC(CNS(=O)(=O)c1ccc(Cl)c([N+](=O)[O-])c1)CC(=O)O. The summed E-state index contributed by atoms with van der Waals surface area (Å²) in [4.78, 5) is 20.1. The lowest BCUT2D eigenvalue weighted by Crippen LogP contribution is -2.29. The molecule has 0 aliphatic heterocycles.